The second-order valence-electron chi connectivity index (χ2n) is 6.25. The minimum Gasteiger partial charge on any atom is -0.306 e. The topological polar surface area (TPSA) is 15.3 Å². The van der Waals surface area contributed by atoms with Crippen LogP contribution in [0.15, 0.2) is 6.07 Å². The Morgan fingerprint density at radius 2 is 2.11 bits per heavy atom. The van der Waals surface area contributed by atoms with Crippen molar-refractivity contribution in [1.82, 2.24) is 10.2 Å². The highest BCUT2D eigenvalue weighted by atomic mass is 32.1. The molecule has 0 aromatic carbocycles. The lowest BCUT2D eigenvalue weighted by Crippen LogP contribution is -2.45. The highest BCUT2D eigenvalue weighted by Gasteiger charge is 2.36. The van der Waals surface area contributed by atoms with Crippen LogP contribution in [0.3, 0.4) is 0 Å². The van der Waals surface area contributed by atoms with E-state index in [9.17, 15) is 0 Å². The van der Waals surface area contributed by atoms with Gasteiger partial charge in [0.1, 0.15) is 0 Å². The van der Waals surface area contributed by atoms with Crippen LogP contribution in [0.2, 0.25) is 0 Å². The molecule has 2 nitrogen and oxygen atoms in total. The molecular formula is C16H26N2S. The maximum absolute atomic E-state index is 3.91. The predicted octanol–water partition coefficient (Wildman–Crippen LogP) is 3.64. The summed E-state index contributed by atoms with van der Waals surface area (Å²) >= 11 is 1.93. The maximum Gasteiger partial charge on any atom is 0.0306 e. The van der Waals surface area contributed by atoms with Crippen LogP contribution in [0.1, 0.15) is 54.0 Å². The van der Waals surface area contributed by atoms with Crippen LogP contribution in [-0.2, 0) is 0 Å². The van der Waals surface area contributed by atoms with Gasteiger partial charge in [-0.05, 0) is 58.2 Å². The minimum absolute atomic E-state index is 0.497. The van der Waals surface area contributed by atoms with Gasteiger partial charge < -0.3 is 5.32 Å². The summed E-state index contributed by atoms with van der Waals surface area (Å²) in [5.74, 6) is 0. The normalized spacial score (nSPS) is 29.4. The molecule has 2 aliphatic rings. The van der Waals surface area contributed by atoms with E-state index in [4.69, 9.17) is 0 Å². The molecule has 3 rings (SSSR count). The van der Waals surface area contributed by atoms with Crippen LogP contribution in [0.25, 0.3) is 0 Å². The van der Waals surface area contributed by atoms with E-state index in [2.05, 4.69) is 37.1 Å². The second kappa shape index (κ2) is 5.55. The Bertz CT molecular complexity index is 440. The summed E-state index contributed by atoms with van der Waals surface area (Å²) in [4.78, 5) is 5.63. The van der Waals surface area contributed by atoms with Crippen LogP contribution in [0.4, 0.5) is 0 Å². The molecule has 0 radical (unpaired) electrons. The molecule has 3 unspecified atom stereocenters. The van der Waals surface area contributed by atoms with Gasteiger partial charge in [0.2, 0.25) is 0 Å². The van der Waals surface area contributed by atoms with Crippen molar-refractivity contribution < 1.29 is 0 Å². The summed E-state index contributed by atoms with van der Waals surface area (Å²) in [6, 6.07) is 4.37. The van der Waals surface area contributed by atoms with Gasteiger partial charge in [0.15, 0.2) is 0 Å². The maximum atomic E-state index is 3.91. The number of fused-ring (bicyclic) bond motifs is 1. The van der Waals surface area contributed by atoms with Crippen molar-refractivity contribution in [1.29, 1.82) is 0 Å². The molecule has 3 heterocycles. The molecule has 3 atom stereocenters. The number of nitrogens with one attached hydrogen (secondary N) is 1. The largest absolute Gasteiger partial charge is 0.306 e. The third-order valence-electron chi connectivity index (χ3n) is 4.87. The lowest BCUT2D eigenvalue weighted by Gasteiger charge is -2.33. The Hall–Kier alpha value is -0.380. The Kier molecular flexibility index (Phi) is 3.97. The summed E-state index contributed by atoms with van der Waals surface area (Å²) in [7, 11) is 0. The van der Waals surface area contributed by atoms with E-state index in [0.29, 0.717) is 12.1 Å². The zero-order valence-corrected chi connectivity index (χ0v) is 13.2. The highest BCUT2D eigenvalue weighted by molar-refractivity contribution is 7.12. The summed E-state index contributed by atoms with van der Waals surface area (Å²) in [6.45, 7) is 9.43. The molecule has 0 aliphatic carbocycles. The molecule has 1 aromatic heterocycles. The van der Waals surface area contributed by atoms with Crippen LogP contribution in [0.5, 0.6) is 0 Å². The summed E-state index contributed by atoms with van der Waals surface area (Å²) in [6.07, 6.45) is 5.55. The number of thiophene rings is 1. The smallest absolute Gasteiger partial charge is 0.0306 e. The monoisotopic (exact) mass is 278 g/mol. The summed E-state index contributed by atoms with van der Waals surface area (Å²) in [5.41, 5.74) is 1.51. The van der Waals surface area contributed by atoms with E-state index in [1.807, 2.05) is 11.3 Å². The van der Waals surface area contributed by atoms with Crippen molar-refractivity contribution in [3.8, 4) is 0 Å². The Morgan fingerprint density at radius 1 is 1.26 bits per heavy atom. The second-order valence-corrected chi connectivity index (χ2v) is 7.71. The molecule has 2 aliphatic heterocycles. The summed E-state index contributed by atoms with van der Waals surface area (Å²) in [5, 5.41) is 3.91. The number of hydrogen-bond donors (Lipinski definition) is 1. The van der Waals surface area contributed by atoms with Gasteiger partial charge in [-0.25, -0.2) is 0 Å². The Balaban J connectivity index is 1.66. The first-order chi connectivity index (χ1) is 9.15. The average Bonchev–Trinajstić information content (AvgIpc) is 2.94. The van der Waals surface area contributed by atoms with Gasteiger partial charge in [0, 0.05) is 34.4 Å². The third kappa shape index (κ3) is 2.74. The van der Waals surface area contributed by atoms with Crippen molar-refractivity contribution >= 4 is 11.3 Å². The van der Waals surface area contributed by atoms with Crippen molar-refractivity contribution in [2.75, 3.05) is 13.1 Å². The molecular weight excluding hydrogens is 252 g/mol. The van der Waals surface area contributed by atoms with Crippen molar-refractivity contribution in [3.05, 3.63) is 21.4 Å². The van der Waals surface area contributed by atoms with Gasteiger partial charge in [0.05, 0.1) is 0 Å². The average molecular weight is 278 g/mol. The van der Waals surface area contributed by atoms with Gasteiger partial charge in [-0.1, -0.05) is 6.42 Å². The number of hydrogen-bond acceptors (Lipinski definition) is 3. The molecule has 0 bridgehead atoms. The van der Waals surface area contributed by atoms with E-state index in [1.165, 1.54) is 54.1 Å². The van der Waals surface area contributed by atoms with Gasteiger partial charge in [-0.3, -0.25) is 4.90 Å². The van der Waals surface area contributed by atoms with Crippen LogP contribution < -0.4 is 5.32 Å². The molecule has 2 saturated heterocycles. The SMILES string of the molecule is Cc1cc(C(C)NC2CCN3CCCCC23)c(C)s1. The molecule has 1 N–H and O–H groups in total. The van der Waals surface area contributed by atoms with E-state index in [0.717, 1.165) is 6.04 Å². The molecule has 2 fully saturated rings. The first-order valence-electron chi connectivity index (χ1n) is 7.72. The van der Waals surface area contributed by atoms with Crippen LogP contribution in [-0.4, -0.2) is 30.1 Å². The predicted molar refractivity (Wildman–Crippen MR) is 83.0 cm³/mol. The van der Waals surface area contributed by atoms with E-state index < -0.39 is 0 Å². The van der Waals surface area contributed by atoms with Gasteiger partial charge >= 0.3 is 0 Å². The molecule has 19 heavy (non-hydrogen) atoms. The van der Waals surface area contributed by atoms with Gasteiger partial charge in [-0.2, -0.15) is 0 Å². The molecule has 0 spiro atoms. The van der Waals surface area contributed by atoms with Gasteiger partial charge in [0.25, 0.3) is 0 Å². The van der Waals surface area contributed by atoms with Crippen LogP contribution in [0, 0.1) is 13.8 Å². The molecule has 0 amide bonds. The number of nitrogens with zero attached hydrogens (tertiary/aromatic N) is 1. The molecule has 106 valence electrons. The van der Waals surface area contributed by atoms with Crippen molar-refractivity contribution in [2.45, 2.75) is 64.6 Å². The van der Waals surface area contributed by atoms with Gasteiger partial charge in [-0.15, -0.1) is 11.3 Å². The van der Waals surface area contributed by atoms with E-state index in [-0.39, 0.29) is 0 Å². The highest BCUT2D eigenvalue weighted by Crippen LogP contribution is 2.31. The third-order valence-corrected chi connectivity index (χ3v) is 5.85. The lowest BCUT2D eigenvalue weighted by atomic mass is 9.97. The first-order valence-corrected chi connectivity index (χ1v) is 8.54. The fourth-order valence-electron chi connectivity index (χ4n) is 3.93. The quantitative estimate of drug-likeness (QED) is 0.908. The first kappa shape index (κ1) is 13.6. The Morgan fingerprint density at radius 3 is 2.84 bits per heavy atom. The Labute approximate surface area is 121 Å². The van der Waals surface area contributed by atoms with Crippen molar-refractivity contribution in [2.24, 2.45) is 0 Å². The lowest BCUT2D eigenvalue weighted by molar-refractivity contribution is 0.177. The number of piperidine rings is 1. The van der Waals surface area contributed by atoms with E-state index in [1.54, 1.807) is 0 Å². The molecule has 1 aromatic rings. The fourth-order valence-corrected chi connectivity index (χ4v) is 4.96. The standard InChI is InChI=1S/C16H26N2S/c1-11-10-14(13(3)19-11)12(2)17-15-7-9-18-8-5-4-6-16(15)18/h10,12,15-17H,4-9H2,1-3H3. The van der Waals surface area contributed by atoms with Crippen molar-refractivity contribution in [3.63, 3.8) is 0 Å². The molecule has 3 heteroatoms. The van der Waals surface area contributed by atoms with E-state index >= 15 is 0 Å². The zero-order chi connectivity index (χ0) is 13.4. The zero-order valence-electron chi connectivity index (χ0n) is 12.4. The minimum atomic E-state index is 0.497. The fraction of sp³-hybridized carbons (Fsp3) is 0.750. The summed E-state index contributed by atoms with van der Waals surface area (Å²) < 4.78 is 0. The number of aryl methyl sites for hydroxylation is 2. The molecule has 0 saturated carbocycles. The van der Waals surface area contributed by atoms with Crippen LogP contribution >= 0.6 is 11.3 Å². The number of rotatable bonds is 3.